The average Bonchev–Trinajstić information content (AvgIpc) is 3.38. The molecule has 31 heavy (non-hydrogen) atoms. The van der Waals surface area contributed by atoms with Crippen molar-refractivity contribution in [3.63, 3.8) is 0 Å². The van der Waals surface area contributed by atoms with Crippen molar-refractivity contribution >= 4 is 11.9 Å². The van der Waals surface area contributed by atoms with Crippen molar-refractivity contribution in [1.29, 1.82) is 0 Å². The van der Waals surface area contributed by atoms with Crippen molar-refractivity contribution in [3.8, 4) is 0 Å². The predicted molar refractivity (Wildman–Crippen MR) is 106 cm³/mol. The highest BCUT2D eigenvalue weighted by molar-refractivity contribution is 5.94. The Bertz CT molecular complexity index is 756. The number of carboxylic acids is 1. The number of amides is 1. The third-order valence-corrected chi connectivity index (χ3v) is 6.00. The van der Waals surface area contributed by atoms with E-state index in [0.29, 0.717) is 5.92 Å². The van der Waals surface area contributed by atoms with Crippen LogP contribution >= 0.6 is 0 Å². The Labute approximate surface area is 179 Å². The maximum atomic E-state index is 12.7. The van der Waals surface area contributed by atoms with Crippen LogP contribution in [0.2, 0.25) is 0 Å². The number of hydrogen-bond donors (Lipinski definition) is 1. The number of aliphatic carboxylic acids is 1. The third kappa shape index (κ3) is 6.39. The van der Waals surface area contributed by atoms with E-state index in [9.17, 15) is 18.0 Å². The molecule has 3 aliphatic rings. The molecule has 4 rings (SSSR count). The van der Waals surface area contributed by atoms with Gasteiger partial charge in [0.25, 0.3) is 5.91 Å². The number of pyridine rings is 1. The van der Waals surface area contributed by atoms with Crippen LogP contribution in [0.5, 0.6) is 0 Å². The van der Waals surface area contributed by atoms with Crippen molar-refractivity contribution < 1.29 is 32.6 Å². The first-order valence-corrected chi connectivity index (χ1v) is 10.5. The van der Waals surface area contributed by atoms with Gasteiger partial charge in [-0.25, -0.2) is 4.79 Å². The first-order valence-electron chi connectivity index (χ1n) is 10.5. The second kappa shape index (κ2) is 9.95. The molecular formula is C21H28F3N3O4. The van der Waals surface area contributed by atoms with Crippen molar-refractivity contribution in [3.05, 3.63) is 30.1 Å². The molecule has 2 unspecified atom stereocenters. The lowest BCUT2D eigenvalue weighted by molar-refractivity contribution is -0.192. The highest BCUT2D eigenvalue weighted by atomic mass is 19.4. The molecule has 2 atom stereocenters. The van der Waals surface area contributed by atoms with E-state index in [4.69, 9.17) is 14.6 Å². The fraction of sp³-hybridized carbons (Fsp3) is 0.667. The van der Waals surface area contributed by atoms with Crippen LogP contribution in [-0.4, -0.2) is 82.9 Å². The Morgan fingerprint density at radius 3 is 2.42 bits per heavy atom. The molecule has 3 saturated heterocycles. The van der Waals surface area contributed by atoms with Crippen LogP contribution in [0.4, 0.5) is 13.2 Å². The molecule has 7 nitrogen and oxygen atoms in total. The molecule has 1 aromatic rings. The van der Waals surface area contributed by atoms with Gasteiger partial charge in [0.15, 0.2) is 0 Å². The van der Waals surface area contributed by atoms with E-state index >= 15 is 0 Å². The van der Waals surface area contributed by atoms with Gasteiger partial charge >= 0.3 is 12.1 Å². The number of carbonyl (C=O) groups is 2. The number of aromatic nitrogens is 1. The number of alkyl halides is 3. The molecule has 1 spiro atoms. The summed E-state index contributed by atoms with van der Waals surface area (Å²) in [5.41, 5.74) is 0.624. The second-order valence-electron chi connectivity index (χ2n) is 8.44. The number of hydrogen-bond acceptors (Lipinski definition) is 5. The van der Waals surface area contributed by atoms with E-state index in [-0.39, 0.29) is 11.5 Å². The number of ether oxygens (including phenoxy) is 1. The zero-order valence-corrected chi connectivity index (χ0v) is 17.3. The van der Waals surface area contributed by atoms with Crippen LogP contribution in [0.1, 0.15) is 42.5 Å². The third-order valence-electron chi connectivity index (χ3n) is 6.00. The number of nitrogens with zero attached hydrogens (tertiary/aromatic N) is 3. The molecule has 0 aromatic carbocycles. The minimum atomic E-state index is -5.08. The first-order chi connectivity index (χ1) is 14.7. The molecule has 0 aliphatic carbocycles. The Kier molecular flexibility index (Phi) is 7.53. The molecule has 0 bridgehead atoms. The fourth-order valence-corrected chi connectivity index (χ4v) is 4.62. The maximum absolute atomic E-state index is 12.7. The van der Waals surface area contributed by atoms with E-state index in [2.05, 4.69) is 9.88 Å². The Morgan fingerprint density at radius 1 is 1.16 bits per heavy atom. The summed E-state index contributed by atoms with van der Waals surface area (Å²) in [5, 5.41) is 7.12. The molecule has 1 N–H and O–H groups in total. The zero-order valence-electron chi connectivity index (χ0n) is 17.3. The lowest BCUT2D eigenvalue weighted by atomic mass is 9.86. The van der Waals surface area contributed by atoms with Gasteiger partial charge in [0, 0.05) is 37.6 Å². The lowest BCUT2D eigenvalue weighted by Gasteiger charge is -2.40. The summed E-state index contributed by atoms with van der Waals surface area (Å²) in [6.45, 7) is 6.09. The van der Waals surface area contributed by atoms with E-state index in [1.54, 1.807) is 24.5 Å². The van der Waals surface area contributed by atoms with Crippen LogP contribution in [0.15, 0.2) is 24.5 Å². The number of likely N-dealkylation sites (tertiary alicyclic amines) is 2. The second-order valence-corrected chi connectivity index (χ2v) is 8.44. The van der Waals surface area contributed by atoms with Crippen molar-refractivity contribution in [2.75, 3.05) is 39.3 Å². The average molecular weight is 443 g/mol. The van der Waals surface area contributed by atoms with Crippen LogP contribution in [0, 0.1) is 5.92 Å². The standard InChI is InChI=1S/C19H27N3O2.C2HF3O2/c23-18(17-4-7-20-8-5-17)22-11-3-6-19(15-22)12-16(14-24-19)13-21-9-1-2-10-21;3-2(4,5)1(6)7/h4-5,7-8,16H,1-3,6,9-15H2;(H,6,7). The number of carboxylic acid groups (broad SMARTS) is 1. The number of halogens is 3. The first kappa shape index (κ1) is 23.5. The van der Waals surface area contributed by atoms with Crippen LogP contribution in [-0.2, 0) is 9.53 Å². The Morgan fingerprint density at radius 2 is 1.81 bits per heavy atom. The van der Waals surface area contributed by atoms with Gasteiger partial charge in [0.2, 0.25) is 0 Å². The number of carbonyl (C=O) groups excluding carboxylic acids is 1. The van der Waals surface area contributed by atoms with Crippen LogP contribution in [0.3, 0.4) is 0 Å². The molecule has 0 saturated carbocycles. The van der Waals surface area contributed by atoms with Gasteiger partial charge in [-0.3, -0.25) is 9.78 Å². The molecule has 172 valence electrons. The van der Waals surface area contributed by atoms with Gasteiger partial charge in [0.1, 0.15) is 0 Å². The van der Waals surface area contributed by atoms with Crippen molar-refractivity contribution in [2.45, 2.75) is 43.9 Å². The van der Waals surface area contributed by atoms with Crippen LogP contribution < -0.4 is 0 Å². The van der Waals surface area contributed by atoms with Crippen LogP contribution in [0.25, 0.3) is 0 Å². The van der Waals surface area contributed by atoms with Gasteiger partial charge in [-0.2, -0.15) is 13.2 Å². The fourth-order valence-electron chi connectivity index (χ4n) is 4.62. The summed E-state index contributed by atoms with van der Waals surface area (Å²) in [6.07, 6.45) is 4.19. The predicted octanol–water partition coefficient (Wildman–Crippen LogP) is 2.82. The highest BCUT2D eigenvalue weighted by Crippen LogP contribution is 2.38. The van der Waals surface area contributed by atoms with Gasteiger partial charge in [-0.1, -0.05) is 0 Å². The number of piperidine rings is 1. The molecule has 1 aromatic heterocycles. The summed E-state index contributed by atoms with van der Waals surface area (Å²) in [5.74, 6) is -2.02. The van der Waals surface area contributed by atoms with Gasteiger partial charge in [-0.05, 0) is 63.2 Å². The SMILES string of the molecule is O=C(O)C(F)(F)F.O=C(c1ccncc1)N1CCCC2(CC(CN3CCCC3)CO2)C1. The summed E-state index contributed by atoms with van der Waals surface area (Å²) in [4.78, 5) is 30.2. The quantitative estimate of drug-likeness (QED) is 0.774. The van der Waals surface area contributed by atoms with Gasteiger partial charge < -0.3 is 19.6 Å². The van der Waals surface area contributed by atoms with E-state index in [0.717, 1.165) is 44.5 Å². The molecule has 4 heterocycles. The lowest BCUT2D eigenvalue weighted by Crippen LogP contribution is -2.50. The topological polar surface area (TPSA) is 83.0 Å². The minimum Gasteiger partial charge on any atom is -0.475 e. The summed E-state index contributed by atoms with van der Waals surface area (Å²) < 4.78 is 38.0. The Balaban J connectivity index is 0.000000339. The molecule has 0 radical (unpaired) electrons. The molecular weight excluding hydrogens is 415 g/mol. The smallest absolute Gasteiger partial charge is 0.475 e. The minimum absolute atomic E-state index is 0.106. The summed E-state index contributed by atoms with van der Waals surface area (Å²) in [7, 11) is 0. The van der Waals surface area contributed by atoms with Gasteiger partial charge in [0.05, 0.1) is 12.2 Å². The monoisotopic (exact) mass is 443 g/mol. The summed E-state index contributed by atoms with van der Waals surface area (Å²) >= 11 is 0. The molecule has 3 fully saturated rings. The molecule has 1 amide bonds. The summed E-state index contributed by atoms with van der Waals surface area (Å²) in [6, 6.07) is 3.60. The molecule has 10 heteroatoms. The maximum Gasteiger partial charge on any atom is 0.490 e. The molecule has 3 aliphatic heterocycles. The largest absolute Gasteiger partial charge is 0.490 e. The zero-order chi connectivity index (χ0) is 22.5. The van der Waals surface area contributed by atoms with E-state index in [1.807, 2.05) is 4.90 Å². The van der Waals surface area contributed by atoms with Crippen molar-refractivity contribution in [1.82, 2.24) is 14.8 Å². The Hall–Kier alpha value is -2.20. The van der Waals surface area contributed by atoms with E-state index < -0.39 is 12.1 Å². The van der Waals surface area contributed by atoms with Gasteiger partial charge in [-0.15, -0.1) is 0 Å². The van der Waals surface area contributed by atoms with E-state index in [1.165, 1.54) is 32.5 Å². The number of rotatable bonds is 3. The highest BCUT2D eigenvalue weighted by Gasteiger charge is 2.45. The van der Waals surface area contributed by atoms with Crippen molar-refractivity contribution in [2.24, 2.45) is 5.92 Å². The normalized spacial score (nSPS) is 26.5.